The summed E-state index contributed by atoms with van der Waals surface area (Å²) in [6.07, 6.45) is -1.28. The molecule has 0 aliphatic rings. The Bertz CT molecular complexity index is 329. The van der Waals surface area contributed by atoms with Crippen LogP contribution < -0.4 is 0 Å². The Labute approximate surface area is 94.3 Å². The first-order chi connectivity index (χ1) is 7.45. The van der Waals surface area contributed by atoms with Gasteiger partial charge in [0.2, 0.25) is 0 Å². The molecule has 0 spiro atoms. The monoisotopic (exact) mass is 257 g/mol. The quantitative estimate of drug-likeness (QED) is 0.730. The molecule has 0 radical (unpaired) electrons. The molecule has 0 saturated heterocycles. The number of alkyl halides is 4. The van der Waals surface area contributed by atoms with Gasteiger partial charge in [-0.25, -0.2) is 13.8 Å². The van der Waals surface area contributed by atoms with E-state index in [1.807, 2.05) is 6.92 Å². The smallest absolute Gasteiger partial charge is 0.330 e. The van der Waals surface area contributed by atoms with Gasteiger partial charge in [0.05, 0.1) is 6.61 Å². The summed E-state index contributed by atoms with van der Waals surface area (Å²) in [5.74, 6) is -4.09. The van der Waals surface area contributed by atoms with Crippen molar-refractivity contribution in [1.82, 2.24) is 4.98 Å². The summed E-state index contributed by atoms with van der Waals surface area (Å²) in [5.41, 5.74) is 0. The fourth-order valence-corrected chi connectivity index (χ4v) is 1.72. The number of rotatable bonds is 6. The van der Waals surface area contributed by atoms with Crippen molar-refractivity contribution >= 4 is 11.3 Å². The number of ether oxygens (including phenoxy) is 1. The van der Waals surface area contributed by atoms with Crippen LogP contribution in [0.15, 0.2) is 6.20 Å². The second-order valence-electron chi connectivity index (χ2n) is 3.13. The molecule has 92 valence electrons. The van der Waals surface area contributed by atoms with Crippen LogP contribution in [0.25, 0.3) is 0 Å². The van der Waals surface area contributed by atoms with Gasteiger partial charge in [0.25, 0.3) is 0 Å². The van der Waals surface area contributed by atoms with E-state index in [0.29, 0.717) is 5.01 Å². The Morgan fingerprint density at radius 3 is 2.69 bits per heavy atom. The first-order valence-corrected chi connectivity index (χ1v) is 5.44. The van der Waals surface area contributed by atoms with Gasteiger partial charge >= 0.3 is 12.3 Å². The summed E-state index contributed by atoms with van der Waals surface area (Å²) >= 11 is 1.32. The lowest BCUT2D eigenvalue weighted by Crippen LogP contribution is -2.32. The summed E-state index contributed by atoms with van der Waals surface area (Å²) in [6, 6.07) is 0. The molecule has 0 saturated carbocycles. The predicted octanol–water partition coefficient (Wildman–Crippen LogP) is 3.12. The second kappa shape index (κ2) is 5.58. The number of nitrogens with zero attached hydrogens (tertiary/aromatic N) is 1. The molecule has 0 fully saturated rings. The number of thiazole rings is 1. The Balaban J connectivity index is 2.35. The van der Waals surface area contributed by atoms with Crippen molar-refractivity contribution in [3.8, 4) is 0 Å². The first-order valence-electron chi connectivity index (χ1n) is 4.63. The highest BCUT2D eigenvalue weighted by Crippen LogP contribution is 2.23. The highest BCUT2D eigenvalue weighted by atomic mass is 32.1. The zero-order valence-electron chi connectivity index (χ0n) is 8.55. The fraction of sp³-hybridized carbons (Fsp3) is 0.667. The summed E-state index contributed by atoms with van der Waals surface area (Å²) in [7, 11) is 0. The van der Waals surface area contributed by atoms with E-state index in [9.17, 15) is 17.6 Å². The lowest BCUT2D eigenvalue weighted by molar-refractivity contribution is -0.168. The molecule has 7 heteroatoms. The molecule has 2 nitrogen and oxygen atoms in total. The molecule has 1 heterocycles. The topological polar surface area (TPSA) is 22.1 Å². The van der Waals surface area contributed by atoms with Crippen molar-refractivity contribution in [2.75, 3.05) is 6.61 Å². The van der Waals surface area contributed by atoms with Crippen LogP contribution in [0.3, 0.4) is 0 Å². The summed E-state index contributed by atoms with van der Waals surface area (Å²) in [4.78, 5) is 4.91. The van der Waals surface area contributed by atoms with E-state index in [1.165, 1.54) is 11.3 Å². The highest BCUT2D eigenvalue weighted by Gasteiger charge is 2.40. The van der Waals surface area contributed by atoms with E-state index in [-0.39, 0.29) is 6.61 Å². The third-order valence-electron chi connectivity index (χ3n) is 1.79. The van der Waals surface area contributed by atoms with Gasteiger partial charge in [-0.05, 0) is 6.42 Å². The molecule has 1 rings (SSSR count). The number of hydrogen-bond acceptors (Lipinski definition) is 3. The van der Waals surface area contributed by atoms with Gasteiger partial charge in [-0.3, -0.25) is 0 Å². The van der Waals surface area contributed by atoms with Gasteiger partial charge in [0.15, 0.2) is 0 Å². The standard InChI is InChI=1S/C9H11F4NOS/c1-2-6-3-14-7(16-6)4-15-5-9(12,13)8(10)11/h3,8H,2,4-5H2,1H3. The minimum absolute atomic E-state index is 0.160. The maximum Gasteiger partial charge on any atom is 0.330 e. The molecule has 0 atom stereocenters. The molecule has 16 heavy (non-hydrogen) atoms. The Kier molecular flexibility index (Phi) is 4.67. The number of halogens is 4. The predicted molar refractivity (Wildman–Crippen MR) is 52.1 cm³/mol. The average molecular weight is 257 g/mol. The molecule has 0 aliphatic heterocycles. The lowest BCUT2D eigenvalue weighted by atomic mass is 10.4. The van der Waals surface area contributed by atoms with E-state index in [4.69, 9.17) is 0 Å². The summed E-state index contributed by atoms with van der Waals surface area (Å²) < 4.78 is 52.9. The van der Waals surface area contributed by atoms with Gasteiger partial charge in [-0.2, -0.15) is 8.78 Å². The van der Waals surface area contributed by atoms with Gasteiger partial charge in [-0.1, -0.05) is 6.92 Å². The van der Waals surface area contributed by atoms with Crippen molar-refractivity contribution in [1.29, 1.82) is 0 Å². The lowest BCUT2D eigenvalue weighted by Gasteiger charge is -2.14. The van der Waals surface area contributed by atoms with Crippen LogP contribution in [0, 0.1) is 0 Å². The van der Waals surface area contributed by atoms with Crippen LogP contribution in [-0.4, -0.2) is 23.9 Å². The number of aromatic nitrogens is 1. The molecule has 0 amide bonds. The van der Waals surface area contributed by atoms with Crippen LogP contribution in [0.5, 0.6) is 0 Å². The number of hydrogen-bond donors (Lipinski definition) is 0. The Hall–Kier alpha value is -0.690. The molecule has 0 N–H and O–H groups in total. The molecular formula is C9H11F4NOS. The van der Waals surface area contributed by atoms with Gasteiger partial charge < -0.3 is 4.74 Å². The van der Waals surface area contributed by atoms with Crippen molar-refractivity contribution in [2.45, 2.75) is 32.3 Å². The average Bonchev–Trinajstić information content (AvgIpc) is 2.65. The Morgan fingerprint density at radius 1 is 1.50 bits per heavy atom. The van der Waals surface area contributed by atoms with E-state index in [1.54, 1.807) is 6.20 Å². The maximum absolute atomic E-state index is 12.4. The van der Waals surface area contributed by atoms with Crippen molar-refractivity contribution < 1.29 is 22.3 Å². The van der Waals surface area contributed by atoms with Crippen LogP contribution in [0.2, 0.25) is 0 Å². The third kappa shape index (κ3) is 3.71. The van der Waals surface area contributed by atoms with Crippen LogP contribution in [-0.2, 0) is 17.8 Å². The SMILES string of the molecule is CCc1cnc(COCC(F)(F)C(F)F)s1. The minimum Gasteiger partial charge on any atom is -0.368 e. The molecule has 1 aromatic rings. The van der Waals surface area contributed by atoms with E-state index in [2.05, 4.69) is 9.72 Å². The van der Waals surface area contributed by atoms with Crippen molar-refractivity contribution in [3.05, 3.63) is 16.1 Å². The molecule has 0 unspecified atom stereocenters. The largest absolute Gasteiger partial charge is 0.368 e. The minimum atomic E-state index is -4.09. The summed E-state index contributed by atoms with van der Waals surface area (Å²) in [5, 5.41) is 0.516. The first kappa shape index (κ1) is 13.4. The van der Waals surface area contributed by atoms with Crippen molar-refractivity contribution in [3.63, 3.8) is 0 Å². The van der Waals surface area contributed by atoms with Crippen LogP contribution in [0.1, 0.15) is 16.8 Å². The van der Waals surface area contributed by atoms with E-state index in [0.717, 1.165) is 11.3 Å². The van der Waals surface area contributed by atoms with E-state index < -0.39 is 19.0 Å². The molecule has 1 aromatic heterocycles. The van der Waals surface area contributed by atoms with E-state index >= 15 is 0 Å². The molecule has 0 aliphatic carbocycles. The molecule has 0 aromatic carbocycles. The molecular weight excluding hydrogens is 246 g/mol. The highest BCUT2D eigenvalue weighted by molar-refractivity contribution is 7.11. The zero-order chi connectivity index (χ0) is 12.2. The third-order valence-corrected chi connectivity index (χ3v) is 2.90. The number of aryl methyl sites for hydroxylation is 1. The van der Waals surface area contributed by atoms with Crippen LogP contribution >= 0.6 is 11.3 Å². The summed E-state index contributed by atoms with van der Waals surface area (Å²) in [6.45, 7) is 0.488. The van der Waals surface area contributed by atoms with Crippen LogP contribution in [0.4, 0.5) is 17.6 Å². The van der Waals surface area contributed by atoms with Crippen molar-refractivity contribution in [2.24, 2.45) is 0 Å². The van der Waals surface area contributed by atoms with Gasteiger partial charge in [-0.15, -0.1) is 11.3 Å². The Morgan fingerprint density at radius 2 is 2.19 bits per heavy atom. The second-order valence-corrected chi connectivity index (χ2v) is 4.33. The molecule has 0 bridgehead atoms. The maximum atomic E-state index is 12.4. The fourth-order valence-electron chi connectivity index (χ4n) is 0.916. The van der Waals surface area contributed by atoms with Gasteiger partial charge in [0, 0.05) is 11.1 Å². The van der Waals surface area contributed by atoms with Gasteiger partial charge in [0.1, 0.15) is 11.6 Å². The normalized spacial score (nSPS) is 12.4. The zero-order valence-corrected chi connectivity index (χ0v) is 9.37.